The molecule has 0 radical (unpaired) electrons. The lowest BCUT2D eigenvalue weighted by Crippen LogP contribution is -2.51. The molecule has 0 heterocycles. The number of nitrogens with one attached hydrogen (secondary N) is 2. The van der Waals surface area contributed by atoms with Crippen LogP contribution in [0.2, 0.25) is 0 Å². The number of carboxylic acid groups (broad SMARTS) is 1. The third-order valence-corrected chi connectivity index (χ3v) is 3.42. The van der Waals surface area contributed by atoms with E-state index in [0.717, 1.165) is 0 Å². The Balaban J connectivity index is 4.97. The summed E-state index contributed by atoms with van der Waals surface area (Å²) in [5, 5.41) is 14.0. The summed E-state index contributed by atoms with van der Waals surface area (Å²) in [6.45, 7) is 11.4. The summed E-state index contributed by atoms with van der Waals surface area (Å²) < 4.78 is 10.3. The highest BCUT2D eigenvalue weighted by atomic mass is 16.6. The predicted octanol–water partition coefficient (Wildman–Crippen LogP) is 1.30. The molecule has 3 N–H and O–H groups in total. The molecule has 2 atom stereocenters. The normalized spacial score (nSPS) is 13.6. The van der Waals surface area contributed by atoms with Crippen LogP contribution in [-0.4, -0.2) is 58.1 Å². The first kappa shape index (κ1) is 27.4. The molecule has 10 heteroatoms. The largest absolute Gasteiger partial charge is 0.480 e. The van der Waals surface area contributed by atoms with Crippen molar-refractivity contribution in [3.05, 3.63) is 0 Å². The Morgan fingerprint density at radius 1 is 0.767 bits per heavy atom. The summed E-state index contributed by atoms with van der Waals surface area (Å²) in [6, 6.07) is -2.49. The van der Waals surface area contributed by atoms with E-state index in [2.05, 4.69) is 10.6 Å². The third-order valence-electron chi connectivity index (χ3n) is 3.42. The first-order valence-electron chi connectivity index (χ1n) is 9.74. The molecule has 0 bridgehead atoms. The van der Waals surface area contributed by atoms with E-state index in [4.69, 9.17) is 9.47 Å². The SMILES string of the molecule is CC(=O)N[C@@H](CCC(=O)OC(C)(C)C)C(=O)N[C@@H](CCC(=O)OC(C)(C)C)C(=O)O. The highest BCUT2D eigenvalue weighted by Gasteiger charge is 2.28. The summed E-state index contributed by atoms with van der Waals surface area (Å²) in [7, 11) is 0. The first-order valence-corrected chi connectivity index (χ1v) is 9.74. The molecule has 0 aromatic carbocycles. The van der Waals surface area contributed by atoms with Gasteiger partial charge >= 0.3 is 17.9 Å². The fourth-order valence-electron chi connectivity index (χ4n) is 2.35. The Morgan fingerprint density at radius 3 is 1.50 bits per heavy atom. The van der Waals surface area contributed by atoms with Crippen molar-refractivity contribution in [1.82, 2.24) is 10.6 Å². The lowest BCUT2D eigenvalue weighted by Gasteiger charge is -2.23. The Labute approximate surface area is 177 Å². The van der Waals surface area contributed by atoms with Gasteiger partial charge in [0.1, 0.15) is 23.3 Å². The number of hydrogen-bond donors (Lipinski definition) is 3. The predicted molar refractivity (Wildman–Crippen MR) is 107 cm³/mol. The highest BCUT2D eigenvalue weighted by molar-refractivity contribution is 5.90. The van der Waals surface area contributed by atoms with Gasteiger partial charge in [-0.1, -0.05) is 0 Å². The van der Waals surface area contributed by atoms with Crippen LogP contribution in [0, 0.1) is 0 Å². The standard InChI is InChI=1S/C20H34N2O8/c1-12(23)21-13(8-10-15(24)29-19(2,3)4)17(26)22-14(18(27)28)9-11-16(25)30-20(5,6)7/h13-14H,8-11H2,1-7H3,(H,21,23)(H,22,26)(H,27,28)/t13-,14-/m0/s1. The molecule has 0 aliphatic rings. The molecule has 0 saturated heterocycles. The van der Waals surface area contributed by atoms with Crippen molar-refractivity contribution in [3.63, 3.8) is 0 Å². The van der Waals surface area contributed by atoms with Crippen molar-refractivity contribution in [3.8, 4) is 0 Å². The van der Waals surface area contributed by atoms with Gasteiger partial charge in [0.15, 0.2) is 0 Å². The van der Waals surface area contributed by atoms with Crippen LogP contribution in [0.1, 0.15) is 74.1 Å². The van der Waals surface area contributed by atoms with Gasteiger partial charge in [-0.25, -0.2) is 4.79 Å². The van der Waals surface area contributed by atoms with E-state index >= 15 is 0 Å². The molecule has 172 valence electrons. The number of hydrogen-bond acceptors (Lipinski definition) is 7. The summed E-state index contributed by atoms with van der Waals surface area (Å²) in [4.78, 5) is 59.1. The lowest BCUT2D eigenvalue weighted by atomic mass is 10.1. The van der Waals surface area contributed by atoms with Crippen LogP contribution in [0.4, 0.5) is 0 Å². The summed E-state index contributed by atoms with van der Waals surface area (Å²) >= 11 is 0. The van der Waals surface area contributed by atoms with E-state index in [0.29, 0.717) is 0 Å². The van der Waals surface area contributed by atoms with Gasteiger partial charge in [-0.3, -0.25) is 19.2 Å². The minimum absolute atomic E-state index is 0.0707. The number of esters is 2. The fraction of sp³-hybridized carbons (Fsp3) is 0.750. The van der Waals surface area contributed by atoms with E-state index in [-0.39, 0.29) is 25.7 Å². The van der Waals surface area contributed by atoms with Gasteiger partial charge in [-0.05, 0) is 54.4 Å². The zero-order chi connectivity index (χ0) is 23.7. The number of ether oxygens (including phenoxy) is 2. The molecule has 0 saturated carbocycles. The van der Waals surface area contributed by atoms with E-state index in [1.54, 1.807) is 41.5 Å². The lowest BCUT2D eigenvalue weighted by molar-refractivity contribution is -0.157. The molecular weight excluding hydrogens is 396 g/mol. The Bertz CT molecular complexity index is 646. The van der Waals surface area contributed by atoms with Crippen LogP contribution in [0.15, 0.2) is 0 Å². The molecule has 10 nitrogen and oxygen atoms in total. The van der Waals surface area contributed by atoms with Gasteiger partial charge in [-0.15, -0.1) is 0 Å². The van der Waals surface area contributed by atoms with Crippen molar-refractivity contribution in [2.75, 3.05) is 0 Å². The average Bonchev–Trinajstić information content (AvgIpc) is 2.51. The number of amides is 2. The quantitative estimate of drug-likeness (QED) is 0.439. The van der Waals surface area contributed by atoms with Crippen LogP contribution in [0.3, 0.4) is 0 Å². The number of carboxylic acids is 1. The monoisotopic (exact) mass is 430 g/mol. The fourth-order valence-corrected chi connectivity index (χ4v) is 2.35. The number of carbonyl (C=O) groups is 5. The molecule has 0 fully saturated rings. The van der Waals surface area contributed by atoms with Gasteiger partial charge in [0.05, 0.1) is 0 Å². The smallest absolute Gasteiger partial charge is 0.326 e. The van der Waals surface area contributed by atoms with Crippen molar-refractivity contribution in [1.29, 1.82) is 0 Å². The Morgan fingerprint density at radius 2 is 1.17 bits per heavy atom. The zero-order valence-corrected chi connectivity index (χ0v) is 18.8. The second-order valence-electron chi connectivity index (χ2n) is 8.90. The highest BCUT2D eigenvalue weighted by Crippen LogP contribution is 2.12. The van der Waals surface area contributed by atoms with Gasteiger partial charge < -0.3 is 25.2 Å². The summed E-state index contributed by atoms with van der Waals surface area (Å²) in [5.74, 6) is -3.76. The minimum atomic E-state index is -1.36. The molecule has 0 aromatic heterocycles. The van der Waals surface area contributed by atoms with E-state index in [1.807, 2.05) is 0 Å². The van der Waals surface area contributed by atoms with Crippen molar-refractivity contribution >= 4 is 29.7 Å². The minimum Gasteiger partial charge on any atom is -0.480 e. The Kier molecular flexibility index (Phi) is 10.5. The molecule has 0 aliphatic carbocycles. The van der Waals surface area contributed by atoms with Crippen LogP contribution in [0.5, 0.6) is 0 Å². The van der Waals surface area contributed by atoms with Crippen molar-refractivity contribution in [2.24, 2.45) is 0 Å². The number of rotatable bonds is 10. The molecule has 0 rings (SSSR count). The van der Waals surface area contributed by atoms with E-state index in [9.17, 15) is 29.1 Å². The van der Waals surface area contributed by atoms with Crippen LogP contribution in [-0.2, 0) is 33.4 Å². The number of carbonyl (C=O) groups excluding carboxylic acids is 4. The Hall–Kier alpha value is -2.65. The third kappa shape index (κ3) is 13.5. The van der Waals surface area contributed by atoms with Crippen LogP contribution < -0.4 is 10.6 Å². The van der Waals surface area contributed by atoms with Gasteiger partial charge in [-0.2, -0.15) is 0 Å². The van der Waals surface area contributed by atoms with Crippen molar-refractivity contribution < 1.29 is 38.6 Å². The van der Waals surface area contributed by atoms with Gasteiger partial charge in [0.25, 0.3) is 0 Å². The molecule has 2 amide bonds. The number of aliphatic carboxylic acids is 1. The molecule has 0 spiro atoms. The topological polar surface area (TPSA) is 148 Å². The second-order valence-corrected chi connectivity index (χ2v) is 8.90. The molecule has 0 aliphatic heterocycles. The maximum absolute atomic E-state index is 12.5. The summed E-state index contributed by atoms with van der Waals surface area (Å²) in [6.07, 6.45) is -0.615. The van der Waals surface area contributed by atoms with Gasteiger partial charge in [0.2, 0.25) is 11.8 Å². The average molecular weight is 430 g/mol. The summed E-state index contributed by atoms with van der Waals surface area (Å²) in [5.41, 5.74) is -1.41. The molecule has 0 unspecified atom stereocenters. The van der Waals surface area contributed by atoms with Crippen LogP contribution in [0.25, 0.3) is 0 Å². The zero-order valence-electron chi connectivity index (χ0n) is 18.8. The van der Waals surface area contributed by atoms with E-state index in [1.165, 1.54) is 6.92 Å². The maximum atomic E-state index is 12.5. The molecular formula is C20H34N2O8. The van der Waals surface area contributed by atoms with Gasteiger partial charge in [0, 0.05) is 19.8 Å². The molecule has 30 heavy (non-hydrogen) atoms. The van der Waals surface area contributed by atoms with E-state index < -0.39 is 53.0 Å². The second kappa shape index (κ2) is 11.5. The van der Waals surface area contributed by atoms with Crippen molar-refractivity contribution in [2.45, 2.75) is 97.4 Å². The first-order chi connectivity index (χ1) is 13.5. The van der Waals surface area contributed by atoms with Crippen LogP contribution >= 0.6 is 0 Å². The maximum Gasteiger partial charge on any atom is 0.326 e. The molecule has 0 aromatic rings.